The van der Waals surface area contributed by atoms with E-state index in [4.69, 9.17) is 4.74 Å². The number of carbonyl (C=O) groups is 1. The van der Waals surface area contributed by atoms with Crippen LogP contribution in [-0.2, 0) is 17.8 Å². The van der Waals surface area contributed by atoms with Gasteiger partial charge in [-0.1, -0.05) is 42.5 Å². The van der Waals surface area contributed by atoms with Gasteiger partial charge in [-0.25, -0.2) is 0 Å². The van der Waals surface area contributed by atoms with Crippen molar-refractivity contribution in [3.05, 3.63) is 65.7 Å². The van der Waals surface area contributed by atoms with Gasteiger partial charge in [0.1, 0.15) is 12.4 Å². The van der Waals surface area contributed by atoms with Gasteiger partial charge < -0.3 is 15.4 Å². The average molecular weight is 389 g/mol. The molecule has 0 saturated carbocycles. The highest BCUT2D eigenvalue weighted by Gasteiger charge is 2.16. The molecule has 3 rings (SSSR count). The van der Waals surface area contributed by atoms with Crippen LogP contribution in [0.3, 0.4) is 0 Å². The number of nitrogens with one attached hydrogen (secondary N) is 2. The van der Waals surface area contributed by atoms with Crippen molar-refractivity contribution < 1.29 is 9.53 Å². The van der Waals surface area contributed by atoms with E-state index in [1.165, 1.54) is 5.56 Å². The molecule has 1 amide bonds. The summed E-state index contributed by atoms with van der Waals surface area (Å²) in [7, 11) is 0. The fourth-order valence-electron chi connectivity index (χ4n) is 3.26. The molecule has 0 aliphatic carbocycles. The van der Waals surface area contributed by atoms with Crippen molar-refractivity contribution in [2.24, 2.45) is 5.92 Å². The predicted octanol–water partition coefficient (Wildman–Crippen LogP) is 3.74. The van der Waals surface area contributed by atoms with Crippen molar-refractivity contribution in [1.82, 2.24) is 10.6 Å². The van der Waals surface area contributed by atoms with E-state index < -0.39 is 0 Å². The normalized spacial score (nSPS) is 14.2. The molecular formula is C22H29ClN2O2. The van der Waals surface area contributed by atoms with Gasteiger partial charge in [0, 0.05) is 13.0 Å². The minimum absolute atomic E-state index is 0. The van der Waals surface area contributed by atoms with Crippen LogP contribution in [0.1, 0.15) is 30.4 Å². The fourth-order valence-corrected chi connectivity index (χ4v) is 3.26. The molecule has 0 bridgehead atoms. The second kappa shape index (κ2) is 11.6. The van der Waals surface area contributed by atoms with Gasteiger partial charge in [-0.05, 0) is 61.5 Å². The molecule has 146 valence electrons. The summed E-state index contributed by atoms with van der Waals surface area (Å²) in [6, 6.07) is 18.3. The lowest BCUT2D eigenvalue weighted by Crippen LogP contribution is -2.33. The first-order valence-electron chi connectivity index (χ1n) is 9.53. The molecule has 1 aliphatic heterocycles. The van der Waals surface area contributed by atoms with Gasteiger partial charge in [-0.15, -0.1) is 12.4 Å². The highest BCUT2D eigenvalue weighted by atomic mass is 35.5. The molecule has 27 heavy (non-hydrogen) atoms. The van der Waals surface area contributed by atoms with Gasteiger partial charge in [0.25, 0.3) is 0 Å². The van der Waals surface area contributed by atoms with Crippen molar-refractivity contribution >= 4 is 18.3 Å². The maximum atomic E-state index is 12.0. The second-order valence-electron chi connectivity index (χ2n) is 6.92. The van der Waals surface area contributed by atoms with Crippen LogP contribution < -0.4 is 15.4 Å². The molecule has 0 radical (unpaired) electrons. The largest absolute Gasteiger partial charge is 0.489 e. The van der Waals surface area contributed by atoms with Crippen molar-refractivity contribution in [3.63, 3.8) is 0 Å². The van der Waals surface area contributed by atoms with Crippen LogP contribution in [0.15, 0.2) is 54.6 Å². The van der Waals surface area contributed by atoms with E-state index in [0.717, 1.165) is 43.7 Å². The van der Waals surface area contributed by atoms with Gasteiger partial charge in [-0.2, -0.15) is 0 Å². The lowest BCUT2D eigenvalue weighted by molar-refractivity contribution is -0.122. The summed E-state index contributed by atoms with van der Waals surface area (Å²) in [4.78, 5) is 12.0. The van der Waals surface area contributed by atoms with Crippen LogP contribution in [0.2, 0.25) is 0 Å². The Labute approximate surface area is 168 Å². The van der Waals surface area contributed by atoms with E-state index in [-0.39, 0.29) is 18.3 Å². The standard InChI is InChI=1S/C22H28N2O2.ClH/c25-22(16-19-10-13-23-14-11-19)24-15-12-18-6-8-21(9-7-18)26-17-20-4-2-1-3-5-20;/h1-9,19,23H,10-17H2,(H,24,25);1H. The third-order valence-corrected chi connectivity index (χ3v) is 4.84. The Morgan fingerprint density at radius 1 is 1.00 bits per heavy atom. The van der Waals surface area contributed by atoms with Crippen LogP contribution in [0.25, 0.3) is 0 Å². The first-order chi connectivity index (χ1) is 12.8. The van der Waals surface area contributed by atoms with E-state index in [2.05, 4.69) is 34.9 Å². The van der Waals surface area contributed by atoms with E-state index in [1.807, 2.05) is 30.3 Å². The molecule has 2 aromatic carbocycles. The zero-order chi connectivity index (χ0) is 18.0. The smallest absolute Gasteiger partial charge is 0.220 e. The third kappa shape index (κ3) is 7.61. The van der Waals surface area contributed by atoms with Gasteiger partial charge in [0.05, 0.1) is 0 Å². The first kappa shape index (κ1) is 21.3. The number of amides is 1. The molecule has 5 heteroatoms. The minimum Gasteiger partial charge on any atom is -0.489 e. The number of carbonyl (C=O) groups excluding carboxylic acids is 1. The monoisotopic (exact) mass is 388 g/mol. The molecule has 0 unspecified atom stereocenters. The zero-order valence-corrected chi connectivity index (χ0v) is 16.5. The van der Waals surface area contributed by atoms with E-state index in [9.17, 15) is 4.79 Å². The molecule has 1 heterocycles. The van der Waals surface area contributed by atoms with Crippen LogP contribution in [-0.4, -0.2) is 25.5 Å². The maximum absolute atomic E-state index is 12.0. The van der Waals surface area contributed by atoms with Crippen molar-refractivity contribution in [3.8, 4) is 5.75 Å². The number of piperidine rings is 1. The van der Waals surface area contributed by atoms with Crippen LogP contribution in [0.5, 0.6) is 5.75 Å². The number of benzene rings is 2. The van der Waals surface area contributed by atoms with Crippen molar-refractivity contribution in [2.75, 3.05) is 19.6 Å². The van der Waals surface area contributed by atoms with Crippen LogP contribution >= 0.6 is 12.4 Å². The summed E-state index contributed by atoms with van der Waals surface area (Å²) in [5.74, 6) is 1.59. The number of ether oxygens (including phenoxy) is 1. The third-order valence-electron chi connectivity index (χ3n) is 4.84. The van der Waals surface area contributed by atoms with Crippen molar-refractivity contribution in [2.45, 2.75) is 32.3 Å². The molecule has 4 nitrogen and oxygen atoms in total. The summed E-state index contributed by atoms with van der Waals surface area (Å²) in [5, 5.41) is 6.38. The molecule has 2 N–H and O–H groups in total. The van der Waals surface area contributed by atoms with Crippen LogP contribution in [0, 0.1) is 5.92 Å². The Morgan fingerprint density at radius 3 is 2.41 bits per heavy atom. The predicted molar refractivity (Wildman–Crippen MR) is 111 cm³/mol. The second-order valence-corrected chi connectivity index (χ2v) is 6.92. The maximum Gasteiger partial charge on any atom is 0.220 e. The Balaban J connectivity index is 0.00000261. The molecule has 2 aromatic rings. The van der Waals surface area contributed by atoms with Crippen molar-refractivity contribution in [1.29, 1.82) is 0 Å². The van der Waals surface area contributed by atoms with E-state index in [0.29, 0.717) is 25.5 Å². The Kier molecular flexibility index (Phi) is 9.16. The van der Waals surface area contributed by atoms with Gasteiger partial charge in [0.15, 0.2) is 0 Å². The lowest BCUT2D eigenvalue weighted by atomic mass is 9.94. The Bertz CT molecular complexity index is 670. The van der Waals surface area contributed by atoms with Gasteiger partial charge >= 0.3 is 0 Å². The highest BCUT2D eigenvalue weighted by Crippen LogP contribution is 2.16. The van der Waals surface area contributed by atoms with E-state index in [1.54, 1.807) is 0 Å². The summed E-state index contributed by atoms with van der Waals surface area (Å²) in [5.41, 5.74) is 2.37. The minimum atomic E-state index is 0. The summed E-state index contributed by atoms with van der Waals surface area (Å²) >= 11 is 0. The number of halogens is 1. The average Bonchev–Trinajstić information content (AvgIpc) is 2.69. The summed E-state index contributed by atoms with van der Waals surface area (Å²) in [6.07, 6.45) is 3.72. The topological polar surface area (TPSA) is 50.4 Å². The van der Waals surface area contributed by atoms with E-state index >= 15 is 0 Å². The zero-order valence-electron chi connectivity index (χ0n) is 15.7. The quantitative estimate of drug-likeness (QED) is 0.724. The number of rotatable bonds is 8. The SMILES string of the molecule is Cl.O=C(CC1CCNCC1)NCCc1ccc(OCc2ccccc2)cc1. The molecule has 1 aliphatic rings. The summed E-state index contributed by atoms with van der Waals surface area (Å²) < 4.78 is 5.80. The molecule has 0 atom stereocenters. The first-order valence-corrected chi connectivity index (χ1v) is 9.53. The summed E-state index contributed by atoms with van der Waals surface area (Å²) in [6.45, 7) is 3.34. The molecule has 1 saturated heterocycles. The molecular weight excluding hydrogens is 360 g/mol. The fraction of sp³-hybridized carbons (Fsp3) is 0.409. The highest BCUT2D eigenvalue weighted by molar-refractivity contribution is 5.85. The number of hydrogen-bond donors (Lipinski definition) is 2. The van der Waals surface area contributed by atoms with Crippen LogP contribution in [0.4, 0.5) is 0 Å². The molecule has 0 spiro atoms. The Hall–Kier alpha value is -2.04. The lowest BCUT2D eigenvalue weighted by Gasteiger charge is -2.21. The molecule has 1 fully saturated rings. The molecule has 0 aromatic heterocycles. The Morgan fingerprint density at radius 2 is 1.70 bits per heavy atom. The van der Waals surface area contributed by atoms with Gasteiger partial charge in [-0.3, -0.25) is 4.79 Å². The number of hydrogen-bond acceptors (Lipinski definition) is 3. The van der Waals surface area contributed by atoms with Gasteiger partial charge in [0.2, 0.25) is 5.91 Å².